The van der Waals surface area contributed by atoms with Gasteiger partial charge in [-0.05, 0) is 41.5 Å². The van der Waals surface area contributed by atoms with E-state index in [1.165, 1.54) is 12.0 Å². The van der Waals surface area contributed by atoms with Gasteiger partial charge >= 0.3 is 5.97 Å². The molecule has 4 rings (SSSR count). The number of sulfone groups is 1. The second kappa shape index (κ2) is 8.35. The Bertz CT molecular complexity index is 1220. The van der Waals surface area contributed by atoms with Crippen molar-refractivity contribution in [1.82, 2.24) is 0 Å². The number of anilines is 1. The molecule has 6 nitrogen and oxygen atoms in total. The first-order valence-electron chi connectivity index (χ1n) is 9.77. The van der Waals surface area contributed by atoms with E-state index in [1.54, 1.807) is 60.7 Å². The lowest BCUT2D eigenvalue weighted by molar-refractivity contribution is -0.141. The molecule has 3 aromatic carbocycles. The minimum atomic E-state index is -3.48. The molecule has 0 aliphatic carbocycles. The van der Waals surface area contributed by atoms with Gasteiger partial charge in [-0.1, -0.05) is 48.5 Å². The van der Waals surface area contributed by atoms with Gasteiger partial charge in [0.15, 0.2) is 9.84 Å². The van der Waals surface area contributed by atoms with Crippen LogP contribution in [0, 0.1) is 0 Å². The number of carbonyl (C=O) groups is 2. The fraction of sp³-hybridized carbons (Fsp3) is 0.167. The van der Waals surface area contributed by atoms with Crippen LogP contribution in [0.5, 0.6) is 0 Å². The second-order valence-corrected chi connectivity index (χ2v) is 9.31. The maximum atomic E-state index is 13.3. The summed E-state index contributed by atoms with van der Waals surface area (Å²) in [4.78, 5) is 27.3. The molecule has 1 atom stereocenters. The van der Waals surface area contributed by atoms with E-state index < -0.39 is 21.8 Å². The van der Waals surface area contributed by atoms with Crippen LogP contribution >= 0.6 is 0 Å². The largest absolute Gasteiger partial charge is 0.467 e. The van der Waals surface area contributed by atoms with Crippen LogP contribution in [0.3, 0.4) is 0 Å². The number of esters is 1. The van der Waals surface area contributed by atoms with Crippen LogP contribution in [0.2, 0.25) is 0 Å². The third-order valence-corrected chi connectivity index (χ3v) is 7.03. The van der Waals surface area contributed by atoms with Crippen LogP contribution in [0.4, 0.5) is 5.69 Å². The molecular weight excluding hydrogens is 414 g/mol. The lowest BCUT2D eigenvalue weighted by Gasteiger charge is -2.24. The van der Waals surface area contributed by atoms with Crippen molar-refractivity contribution in [2.24, 2.45) is 0 Å². The summed E-state index contributed by atoms with van der Waals surface area (Å²) in [5, 5.41) is 0. The molecule has 7 heteroatoms. The summed E-state index contributed by atoms with van der Waals surface area (Å²) in [6, 6.07) is 21.3. The van der Waals surface area contributed by atoms with Gasteiger partial charge in [0.1, 0.15) is 6.04 Å². The average molecular weight is 436 g/mol. The predicted molar refractivity (Wildman–Crippen MR) is 117 cm³/mol. The number of rotatable bonds is 5. The summed E-state index contributed by atoms with van der Waals surface area (Å²) >= 11 is 0. The van der Waals surface area contributed by atoms with Crippen molar-refractivity contribution in [2.75, 3.05) is 12.0 Å². The quantitative estimate of drug-likeness (QED) is 0.574. The van der Waals surface area contributed by atoms with Crippen molar-refractivity contribution in [2.45, 2.75) is 23.1 Å². The van der Waals surface area contributed by atoms with Gasteiger partial charge in [-0.3, -0.25) is 9.69 Å². The van der Waals surface area contributed by atoms with Gasteiger partial charge in [0.2, 0.25) is 0 Å². The van der Waals surface area contributed by atoms with E-state index in [0.29, 0.717) is 23.2 Å². The first kappa shape index (κ1) is 20.8. The number of methoxy groups -OCH3 is 1. The normalized spacial score (nSPS) is 15.4. The fourth-order valence-electron chi connectivity index (χ4n) is 3.77. The molecular formula is C24H21NO5S. The SMILES string of the molecule is COC(=O)C1Cc2ccccc2N1C(=O)c1ccc(CS(=O)(=O)c2ccccc2)cc1. The van der Waals surface area contributed by atoms with Crippen LogP contribution in [0.25, 0.3) is 0 Å². The number of ether oxygens (including phenoxy) is 1. The Morgan fingerprint density at radius 3 is 2.26 bits per heavy atom. The molecule has 0 spiro atoms. The highest BCUT2D eigenvalue weighted by Crippen LogP contribution is 2.34. The maximum Gasteiger partial charge on any atom is 0.329 e. The number of hydrogen-bond acceptors (Lipinski definition) is 5. The van der Waals surface area contributed by atoms with Crippen molar-refractivity contribution in [3.05, 3.63) is 95.6 Å². The lowest BCUT2D eigenvalue weighted by Crippen LogP contribution is -2.43. The van der Waals surface area contributed by atoms with Gasteiger partial charge in [-0.15, -0.1) is 0 Å². The van der Waals surface area contributed by atoms with Crippen LogP contribution in [-0.2, 0) is 31.5 Å². The van der Waals surface area contributed by atoms with Crippen molar-refractivity contribution in [3.8, 4) is 0 Å². The van der Waals surface area contributed by atoms with Crippen LogP contribution in [0.15, 0.2) is 83.8 Å². The third kappa shape index (κ3) is 4.09. The minimum absolute atomic E-state index is 0.164. The topological polar surface area (TPSA) is 80.8 Å². The highest BCUT2D eigenvalue weighted by atomic mass is 32.2. The molecule has 1 aliphatic rings. The van der Waals surface area contributed by atoms with E-state index >= 15 is 0 Å². The molecule has 0 saturated carbocycles. The molecule has 1 unspecified atom stereocenters. The van der Waals surface area contributed by atoms with Gasteiger partial charge in [-0.2, -0.15) is 0 Å². The van der Waals surface area contributed by atoms with Gasteiger partial charge in [0, 0.05) is 17.7 Å². The number of nitrogens with zero attached hydrogens (tertiary/aromatic N) is 1. The van der Waals surface area contributed by atoms with Crippen molar-refractivity contribution in [3.63, 3.8) is 0 Å². The Balaban J connectivity index is 1.59. The first-order chi connectivity index (χ1) is 14.9. The number of carbonyl (C=O) groups excluding carboxylic acids is 2. The van der Waals surface area contributed by atoms with E-state index in [4.69, 9.17) is 4.74 Å². The van der Waals surface area contributed by atoms with E-state index in [2.05, 4.69) is 0 Å². The van der Waals surface area contributed by atoms with Gasteiger partial charge in [0.25, 0.3) is 5.91 Å². The number of benzene rings is 3. The zero-order valence-electron chi connectivity index (χ0n) is 16.9. The molecule has 0 bridgehead atoms. The van der Waals surface area contributed by atoms with Crippen LogP contribution in [-0.4, -0.2) is 33.4 Å². The van der Waals surface area contributed by atoms with Crippen molar-refractivity contribution >= 4 is 27.4 Å². The Kier molecular flexibility index (Phi) is 5.61. The van der Waals surface area contributed by atoms with Gasteiger partial charge < -0.3 is 4.74 Å². The predicted octanol–water partition coefficient (Wildman–Crippen LogP) is 3.41. The molecule has 158 valence electrons. The Morgan fingerprint density at radius 1 is 0.935 bits per heavy atom. The molecule has 31 heavy (non-hydrogen) atoms. The molecule has 0 fully saturated rings. The average Bonchev–Trinajstić information content (AvgIpc) is 3.18. The number of hydrogen-bond donors (Lipinski definition) is 0. The number of para-hydroxylation sites is 1. The Morgan fingerprint density at radius 2 is 1.58 bits per heavy atom. The summed E-state index contributed by atoms with van der Waals surface area (Å²) in [5.74, 6) is -0.976. The second-order valence-electron chi connectivity index (χ2n) is 7.32. The molecule has 0 aromatic heterocycles. The third-order valence-electron chi connectivity index (χ3n) is 5.33. The Labute approximate surface area is 181 Å². The van der Waals surface area contributed by atoms with Gasteiger partial charge in [-0.25, -0.2) is 13.2 Å². The highest BCUT2D eigenvalue weighted by molar-refractivity contribution is 7.90. The van der Waals surface area contributed by atoms with Crippen molar-refractivity contribution < 1.29 is 22.7 Å². The zero-order valence-corrected chi connectivity index (χ0v) is 17.7. The van der Waals surface area contributed by atoms with E-state index in [-0.39, 0.29) is 16.6 Å². The van der Waals surface area contributed by atoms with E-state index in [9.17, 15) is 18.0 Å². The summed E-state index contributed by atoms with van der Waals surface area (Å²) in [7, 11) is -2.18. The molecule has 0 radical (unpaired) electrons. The Hall–Kier alpha value is -3.45. The van der Waals surface area contributed by atoms with Gasteiger partial charge in [0.05, 0.1) is 17.8 Å². The summed E-state index contributed by atoms with van der Waals surface area (Å²) in [6.07, 6.45) is 0.391. The van der Waals surface area contributed by atoms with E-state index in [1.807, 2.05) is 18.2 Å². The smallest absolute Gasteiger partial charge is 0.329 e. The molecule has 1 amide bonds. The van der Waals surface area contributed by atoms with E-state index in [0.717, 1.165) is 5.56 Å². The van der Waals surface area contributed by atoms with Crippen molar-refractivity contribution in [1.29, 1.82) is 0 Å². The van der Waals surface area contributed by atoms with Crippen LogP contribution < -0.4 is 4.90 Å². The van der Waals surface area contributed by atoms with Crippen LogP contribution in [0.1, 0.15) is 21.5 Å². The molecule has 0 saturated heterocycles. The fourth-order valence-corrected chi connectivity index (χ4v) is 5.14. The number of fused-ring (bicyclic) bond motifs is 1. The zero-order chi connectivity index (χ0) is 22.0. The number of amides is 1. The highest BCUT2D eigenvalue weighted by Gasteiger charge is 2.39. The molecule has 0 N–H and O–H groups in total. The molecule has 3 aromatic rings. The molecule has 1 heterocycles. The monoisotopic (exact) mass is 435 g/mol. The summed E-state index contributed by atoms with van der Waals surface area (Å²) in [6.45, 7) is 0. The maximum absolute atomic E-state index is 13.3. The molecule has 1 aliphatic heterocycles. The summed E-state index contributed by atoms with van der Waals surface area (Å²) < 4.78 is 30.1. The lowest BCUT2D eigenvalue weighted by atomic mass is 10.1. The minimum Gasteiger partial charge on any atom is -0.467 e. The standard InChI is InChI=1S/C24H21NO5S/c1-30-24(27)22-15-19-7-5-6-10-21(19)25(22)23(26)18-13-11-17(12-14-18)16-31(28,29)20-8-3-2-4-9-20/h2-14,22H,15-16H2,1H3. The summed E-state index contributed by atoms with van der Waals surface area (Å²) in [5.41, 5.74) is 2.52. The first-order valence-corrected chi connectivity index (χ1v) is 11.4.